The number of nitro groups is 1. The normalized spacial score (nSPS) is 12.2. The lowest BCUT2D eigenvalue weighted by Gasteiger charge is -2.33. The lowest BCUT2D eigenvalue weighted by Crippen LogP contribution is -2.55. The summed E-state index contributed by atoms with van der Waals surface area (Å²) in [6.07, 6.45) is 0.430. The average molecular weight is 611 g/mol. The monoisotopic (exact) mass is 610 g/mol. The van der Waals surface area contributed by atoms with Crippen molar-refractivity contribution in [3.05, 3.63) is 94.0 Å². The molecule has 0 saturated carbocycles. The minimum absolute atomic E-state index is 0.146. The Bertz CT molecular complexity index is 1550. The van der Waals surface area contributed by atoms with Gasteiger partial charge in [0.2, 0.25) is 11.8 Å². The molecular formula is C31H38N4O7S. The summed E-state index contributed by atoms with van der Waals surface area (Å²) in [7, 11) is -3.01. The van der Waals surface area contributed by atoms with Crippen LogP contribution >= 0.6 is 0 Å². The van der Waals surface area contributed by atoms with Gasteiger partial charge >= 0.3 is 0 Å². The van der Waals surface area contributed by atoms with Gasteiger partial charge in [-0.3, -0.25) is 24.0 Å². The molecule has 2 amide bonds. The van der Waals surface area contributed by atoms with E-state index in [0.717, 1.165) is 15.9 Å². The van der Waals surface area contributed by atoms with E-state index in [-0.39, 0.29) is 28.7 Å². The number of nitrogens with zero attached hydrogens (tertiary/aromatic N) is 3. The zero-order chi connectivity index (χ0) is 31.9. The summed E-state index contributed by atoms with van der Waals surface area (Å²) in [4.78, 5) is 39.1. The molecule has 0 unspecified atom stereocenters. The van der Waals surface area contributed by atoms with Crippen molar-refractivity contribution in [2.24, 2.45) is 0 Å². The second-order valence-electron chi connectivity index (χ2n) is 11.2. The van der Waals surface area contributed by atoms with Crippen LogP contribution < -0.4 is 14.4 Å². The predicted octanol–water partition coefficient (Wildman–Crippen LogP) is 4.48. The largest absolute Gasteiger partial charge is 0.497 e. The van der Waals surface area contributed by atoms with Gasteiger partial charge in [0.05, 0.1) is 22.6 Å². The third kappa shape index (κ3) is 8.54. The maximum absolute atomic E-state index is 14.0. The highest BCUT2D eigenvalue weighted by Gasteiger charge is 2.34. The number of anilines is 1. The van der Waals surface area contributed by atoms with E-state index in [2.05, 4.69) is 5.32 Å². The van der Waals surface area contributed by atoms with Gasteiger partial charge in [0.25, 0.3) is 15.7 Å². The lowest BCUT2D eigenvalue weighted by molar-refractivity contribution is -0.385. The standard InChI is InChI=1S/C31H38N4O7S/c1-22-12-17-27(20-28(22)35(38)39)43(40,41)34(25-13-15-26(42-6)16-14-25)21-29(36)33(19-18-24-10-8-7-9-11-24)23(2)30(37)32-31(3,4)5/h7-17,20,23H,18-19,21H2,1-6H3,(H,32,37)/t23-/m1/s1. The van der Waals surface area contributed by atoms with Gasteiger partial charge in [-0.05, 0) is 76.9 Å². The number of aryl methyl sites for hydroxylation is 1. The van der Waals surface area contributed by atoms with Gasteiger partial charge < -0.3 is 15.0 Å². The highest BCUT2D eigenvalue weighted by atomic mass is 32.2. The van der Waals surface area contributed by atoms with Gasteiger partial charge in [0.15, 0.2) is 0 Å². The van der Waals surface area contributed by atoms with E-state index in [1.807, 2.05) is 51.1 Å². The molecule has 230 valence electrons. The minimum atomic E-state index is -4.48. The number of hydrogen-bond acceptors (Lipinski definition) is 7. The molecule has 0 heterocycles. The number of rotatable bonds is 12. The van der Waals surface area contributed by atoms with E-state index in [4.69, 9.17) is 4.74 Å². The van der Waals surface area contributed by atoms with E-state index >= 15 is 0 Å². The zero-order valence-electron chi connectivity index (χ0n) is 25.2. The van der Waals surface area contributed by atoms with Crippen LogP contribution in [-0.4, -0.2) is 61.8 Å². The third-order valence-electron chi connectivity index (χ3n) is 6.75. The molecule has 0 radical (unpaired) electrons. The molecule has 0 aliphatic carbocycles. The molecule has 11 nitrogen and oxygen atoms in total. The first-order chi connectivity index (χ1) is 20.1. The van der Waals surface area contributed by atoms with Crippen LogP contribution in [0.15, 0.2) is 77.7 Å². The molecule has 0 saturated heterocycles. The highest BCUT2D eigenvalue weighted by molar-refractivity contribution is 7.92. The fraction of sp³-hybridized carbons (Fsp3) is 0.355. The van der Waals surface area contributed by atoms with Gasteiger partial charge in [-0.2, -0.15) is 0 Å². The van der Waals surface area contributed by atoms with Crippen molar-refractivity contribution in [1.29, 1.82) is 0 Å². The average Bonchev–Trinajstić information content (AvgIpc) is 2.95. The summed E-state index contributed by atoms with van der Waals surface area (Å²) < 4.78 is 34.1. The molecule has 0 fully saturated rings. The quantitative estimate of drug-likeness (QED) is 0.236. The van der Waals surface area contributed by atoms with E-state index in [0.29, 0.717) is 17.7 Å². The van der Waals surface area contributed by atoms with Crippen molar-refractivity contribution in [3.8, 4) is 5.75 Å². The first-order valence-electron chi connectivity index (χ1n) is 13.7. The van der Waals surface area contributed by atoms with E-state index in [1.54, 1.807) is 19.1 Å². The van der Waals surface area contributed by atoms with E-state index in [9.17, 15) is 28.1 Å². The molecule has 12 heteroatoms. The molecule has 3 rings (SSSR count). The molecule has 0 bridgehead atoms. The molecule has 3 aromatic carbocycles. The number of nitro benzene ring substituents is 1. The van der Waals surface area contributed by atoms with E-state index in [1.165, 1.54) is 43.2 Å². The smallest absolute Gasteiger partial charge is 0.273 e. The number of ether oxygens (including phenoxy) is 1. The van der Waals surface area contributed by atoms with Crippen LogP contribution in [0.4, 0.5) is 11.4 Å². The topological polar surface area (TPSA) is 139 Å². The molecule has 0 aromatic heterocycles. The number of carbonyl (C=O) groups excluding carboxylic acids is 2. The molecule has 0 aliphatic rings. The van der Waals surface area contributed by atoms with Crippen molar-refractivity contribution < 1.29 is 27.7 Å². The van der Waals surface area contributed by atoms with Crippen LogP contribution in [0.2, 0.25) is 0 Å². The number of methoxy groups -OCH3 is 1. The molecule has 0 aliphatic heterocycles. The second-order valence-corrected chi connectivity index (χ2v) is 13.0. The Morgan fingerprint density at radius 2 is 1.65 bits per heavy atom. The SMILES string of the molecule is COc1ccc(N(CC(=O)N(CCc2ccccc2)[C@H](C)C(=O)NC(C)(C)C)S(=O)(=O)c2ccc(C)c([N+](=O)[O-])c2)cc1. The second kappa shape index (κ2) is 13.7. The van der Waals surface area contributed by atoms with Crippen molar-refractivity contribution in [1.82, 2.24) is 10.2 Å². The van der Waals surface area contributed by atoms with Crippen LogP contribution in [0.3, 0.4) is 0 Å². The minimum Gasteiger partial charge on any atom is -0.497 e. The van der Waals surface area contributed by atoms with Crippen molar-refractivity contribution in [2.75, 3.05) is 24.5 Å². The zero-order valence-corrected chi connectivity index (χ0v) is 26.1. The Balaban J connectivity index is 2.05. The van der Waals surface area contributed by atoms with Crippen LogP contribution in [0.5, 0.6) is 5.75 Å². The fourth-order valence-corrected chi connectivity index (χ4v) is 5.83. The third-order valence-corrected chi connectivity index (χ3v) is 8.52. The highest BCUT2D eigenvalue weighted by Crippen LogP contribution is 2.29. The molecular weight excluding hydrogens is 572 g/mol. The van der Waals surface area contributed by atoms with Crippen LogP contribution in [-0.2, 0) is 26.0 Å². The Labute approximate surface area is 252 Å². The maximum atomic E-state index is 14.0. The molecule has 43 heavy (non-hydrogen) atoms. The summed E-state index contributed by atoms with van der Waals surface area (Å²) >= 11 is 0. The summed E-state index contributed by atoms with van der Waals surface area (Å²) in [5.74, 6) is -0.536. The summed E-state index contributed by atoms with van der Waals surface area (Å²) in [5, 5.41) is 14.5. The lowest BCUT2D eigenvalue weighted by atomic mass is 10.1. The van der Waals surface area contributed by atoms with Gasteiger partial charge in [-0.1, -0.05) is 36.4 Å². The summed E-state index contributed by atoms with van der Waals surface area (Å²) in [6, 6.07) is 18.2. The summed E-state index contributed by atoms with van der Waals surface area (Å²) in [5.41, 5.74) is 0.460. The first-order valence-corrected chi connectivity index (χ1v) is 15.2. The molecule has 3 aromatic rings. The number of sulfonamides is 1. The van der Waals surface area contributed by atoms with Crippen molar-refractivity contribution in [2.45, 2.75) is 57.5 Å². The van der Waals surface area contributed by atoms with Crippen LogP contribution in [0, 0.1) is 17.0 Å². The number of hydrogen-bond donors (Lipinski definition) is 1. The van der Waals surface area contributed by atoms with Gasteiger partial charge in [-0.25, -0.2) is 8.42 Å². The first kappa shape index (κ1) is 33.1. The number of nitrogens with one attached hydrogen (secondary N) is 1. The Hall–Kier alpha value is -4.45. The van der Waals surface area contributed by atoms with E-state index < -0.39 is 39.0 Å². The van der Waals surface area contributed by atoms with Gasteiger partial charge in [-0.15, -0.1) is 0 Å². The van der Waals surface area contributed by atoms with Crippen molar-refractivity contribution in [3.63, 3.8) is 0 Å². The van der Waals surface area contributed by atoms with Gasteiger partial charge in [0, 0.05) is 23.7 Å². The van der Waals surface area contributed by atoms with Crippen molar-refractivity contribution >= 4 is 33.2 Å². The van der Waals surface area contributed by atoms with Gasteiger partial charge in [0.1, 0.15) is 18.3 Å². The number of amides is 2. The predicted molar refractivity (Wildman–Crippen MR) is 165 cm³/mol. The molecule has 1 atom stereocenters. The Kier molecular flexibility index (Phi) is 10.5. The van der Waals surface area contributed by atoms with Crippen LogP contribution in [0.25, 0.3) is 0 Å². The number of benzene rings is 3. The number of carbonyl (C=O) groups is 2. The fourth-order valence-electron chi connectivity index (χ4n) is 4.39. The molecule has 1 N–H and O–H groups in total. The molecule has 0 spiro atoms. The Morgan fingerprint density at radius 1 is 1.02 bits per heavy atom. The summed E-state index contributed by atoms with van der Waals surface area (Å²) in [6.45, 7) is 8.07. The van der Waals surface area contributed by atoms with Crippen LogP contribution in [0.1, 0.15) is 38.8 Å². The maximum Gasteiger partial charge on any atom is 0.273 e. The Morgan fingerprint density at radius 3 is 2.21 bits per heavy atom.